The molecule has 0 aromatic carbocycles. The fraction of sp³-hybridized carbons (Fsp3) is 1.00. The largest absolute Gasteiger partial charge is 0.353 e. The van der Waals surface area contributed by atoms with Gasteiger partial charge in [-0.1, -0.05) is 6.92 Å². The summed E-state index contributed by atoms with van der Waals surface area (Å²) in [5, 5.41) is 0. The van der Waals surface area contributed by atoms with Crippen LogP contribution in [0, 0.1) is 5.92 Å². The number of hydrogen-bond acceptors (Lipinski definition) is 2. The lowest BCUT2D eigenvalue weighted by Gasteiger charge is -2.32. The molecule has 0 bridgehead atoms. The van der Waals surface area contributed by atoms with Gasteiger partial charge in [-0.25, -0.2) is 0 Å². The zero-order valence-electron chi connectivity index (χ0n) is 7.67. The first-order chi connectivity index (χ1) is 5.24. The standard InChI is InChI=1S/C9H18O2/c1-4-10-9-6-5-7(2)8(3)11-9/h7-9H,4-6H2,1-3H3. The van der Waals surface area contributed by atoms with Gasteiger partial charge >= 0.3 is 0 Å². The Bertz CT molecular complexity index is 114. The summed E-state index contributed by atoms with van der Waals surface area (Å²) in [5.41, 5.74) is 0. The predicted octanol–water partition coefficient (Wildman–Crippen LogP) is 2.18. The minimum absolute atomic E-state index is 0.0613. The van der Waals surface area contributed by atoms with Gasteiger partial charge in [0.25, 0.3) is 0 Å². The summed E-state index contributed by atoms with van der Waals surface area (Å²) >= 11 is 0. The van der Waals surface area contributed by atoms with Crippen molar-refractivity contribution in [2.24, 2.45) is 5.92 Å². The van der Waals surface area contributed by atoms with Crippen LogP contribution in [-0.2, 0) is 9.47 Å². The highest BCUT2D eigenvalue weighted by Gasteiger charge is 2.24. The Morgan fingerprint density at radius 1 is 1.36 bits per heavy atom. The van der Waals surface area contributed by atoms with E-state index in [2.05, 4.69) is 13.8 Å². The van der Waals surface area contributed by atoms with Crippen LogP contribution in [0.2, 0.25) is 0 Å². The molecular weight excluding hydrogens is 140 g/mol. The SMILES string of the molecule is CCOC1CCC(C)C(C)O1. The smallest absolute Gasteiger partial charge is 0.157 e. The molecule has 2 heteroatoms. The Morgan fingerprint density at radius 2 is 2.09 bits per heavy atom. The molecule has 0 aromatic heterocycles. The van der Waals surface area contributed by atoms with Crippen LogP contribution in [0.3, 0.4) is 0 Å². The third kappa shape index (κ3) is 2.46. The van der Waals surface area contributed by atoms with Crippen LogP contribution in [0.1, 0.15) is 33.6 Å². The van der Waals surface area contributed by atoms with Crippen LogP contribution >= 0.6 is 0 Å². The van der Waals surface area contributed by atoms with E-state index in [1.807, 2.05) is 6.92 Å². The molecule has 2 nitrogen and oxygen atoms in total. The summed E-state index contributed by atoms with van der Waals surface area (Å²) in [4.78, 5) is 0. The quantitative estimate of drug-likeness (QED) is 0.613. The molecule has 1 saturated heterocycles. The van der Waals surface area contributed by atoms with Crippen molar-refractivity contribution in [3.05, 3.63) is 0 Å². The lowest BCUT2D eigenvalue weighted by atomic mass is 9.97. The predicted molar refractivity (Wildman–Crippen MR) is 44.4 cm³/mol. The third-order valence-corrected chi connectivity index (χ3v) is 2.38. The first-order valence-corrected chi connectivity index (χ1v) is 4.51. The fourth-order valence-electron chi connectivity index (χ4n) is 1.38. The van der Waals surface area contributed by atoms with Crippen molar-refractivity contribution < 1.29 is 9.47 Å². The molecule has 1 fully saturated rings. The zero-order chi connectivity index (χ0) is 8.27. The minimum Gasteiger partial charge on any atom is -0.353 e. The van der Waals surface area contributed by atoms with Crippen molar-refractivity contribution in [3.8, 4) is 0 Å². The summed E-state index contributed by atoms with van der Waals surface area (Å²) in [6.07, 6.45) is 2.71. The van der Waals surface area contributed by atoms with Gasteiger partial charge in [0.15, 0.2) is 6.29 Å². The van der Waals surface area contributed by atoms with Gasteiger partial charge in [0.1, 0.15) is 0 Å². The second-order valence-corrected chi connectivity index (χ2v) is 3.28. The van der Waals surface area contributed by atoms with Crippen molar-refractivity contribution in [3.63, 3.8) is 0 Å². The van der Waals surface area contributed by atoms with E-state index in [0.717, 1.165) is 13.0 Å². The van der Waals surface area contributed by atoms with Crippen LogP contribution in [0.25, 0.3) is 0 Å². The van der Waals surface area contributed by atoms with Gasteiger partial charge < -0.3 is 9.47 Å². The summed E-state index contributed by atoms with van der Waals surface area (Å²) in [6, 6.07) is 0. The molecule has 0 saturated carbocycles. The Balaban J connectivity index is 2.28. The Labute approximate surface area is 68.9 Å². The molecule has 1 heterocycles. The molecule has 0 spiro atoms. The molecule has 0 aliphatic carbocycles. The highest BCUT2D eigenvalue weighted by Crippen LogP contribution is 2.24. The van der Waals surface area contributed by atoms with Crippen LogP contribution in [-0.4, -0.2) is 19.0 Å². The molecule has 1 aliphatic rings. The minimum atomic E-state index is 0.0613. The van der Waals surface area contributed by atoms with Gasteiger partial charge in [0.05, 0.1) is 6.10 Å². The highest BCUT2D eigenvalue weighted by molar-refractivity contribution is 4.68. The van der Waals surface area contributed by atoms with Gasteiger partial charge in [-0.15, -0.1) is 0 Å². The molecule has 1 aliphatic heterocycles. The maximum absolute atomic E-state index is 5.62. The van der Waals surface area contributed by atoms with Gasteiger partial charge in [-0.3, -0.25) is 0 Å². The molecule has 3 unspecified atom stereocenters. The summed E-state index contributed by atoms with van der Waals surface area (Å²) in [5.74, 6) is 0.687. The van der Waals surface area contributed by atoms with Gasteiger partial charge in [-0.05, 0) is 32.6 Å². The average molecular weight is 158 g/mol. The van der Waals surface area contributed by atoms with E-state index in [9.17, 15) is 0 Å². The Kier molecular flexibility index (Phi) is 3.34. The highest BCUT2D eigenvalue weighted by atomic mass is 16.7. The topological polar surface area (TPSA) is 18.5 Å². The van der Waals surface area contributed by atoms with Gasteiger partial charge in [0.2, 0.25) is 0 Å². The maximum atomic E-state index is 5.62. The van der Waals surface area contributed by atoms with Crippen molar-refractivity contribution in [1.29, 1.82) is 0 Å². The first-order valence-electron chi connectivity index (χ1n) is 4.51. The van der Waals surface area contributed by atoms with E-state index in [1.54, 1.807) is 0 Å². The van der Waals surface area contributed by atoms with Gasteiger partial charge in [0, 0.05) is 6.61 Å². The van der Waals surface area contributed by atoms with E-state index in [4.69, 9.17) is 9.47 Å². The van der Waals surface area contributed by atoms with E-state index in [-0.39, 0.29) is 6.29 Å². The van der Waals surface area contributed by atoms with E-state index in [1.165, 1.54) is 6.42 Å². The molecular formula is C9H18O2. The molecule has 1 rings (SSSR count). The number of ether oxygens (including phenoxy) is 2. The molecule has 0 N–H and O–H groups in total. The third-order valence-electron chi connectivity index (χ3n) is 2.38. The molecule has 3 atom stereocenters. The summed E-state index contributed by atoms with van der Waals surface area (Å²) in [7, 11) is 0. The van der Waals surface area contributed by atoms with Crippen molar-refractivity contribution in [2.45, 2.75) is 46.0 Å². The molecule has 11 heavy (non-hydrogen) atoms. The van der Waals surface area contributed by atoms with Crippen molar-refractivity contribution in [2.75, 3.05) is 6.61 Å². The first kappa shape index (κ1) is 9.01. The normalized spacial score (nSPS) is 39.0. The maximum Gasteiger partial charge on any atom is 0.157 e. The lowest BCUT2D eigenvalue weighted by molar-refractivity contribution is -0.200. The monoisotopic (exact) mass is 158 g/mol. The van der Waals surface area contributed by atoms with E-state index in [0.29, 0.717) is 12.0 Å². The number of hydrogen-bond donors (Lipinski definition) is 0. The van der Waals surface area contributed by atoms with E-state index >= 15 is 0 Å². The second kappa shape index (κ2) is 4.07. The molecule has 0 amide bonds. The fourth-order valence-corrected chi connectivity index (χ4v) is 1.38. The van der Waals surface area contributed by atoms with Crippen LogP contribution < -0.4 is 0 Å². The van der Waals surface area contributed by atoms with Crippen LogP contribution in [0.5, 0.6) is 0 Å². The molecule has 0 radical (unpaired) electrons. The van der Waals surface area contributed by atoms with Crippen molar-refractivity contribution >= 4 is 0 Å². The lowest BCUT2D eigenvalue weighted by Crippen LogP contribution is -2.33. The summed E-state index contributed by atoms with van der Waals surface area (Å²) < 4.78 is 11.0. The number of rotatable bonds is 2. The van der Waals surface area contributed by atoms with Gasteiger partial charge in [-0.2, -0.15) is 0 Å². The van der Waals surface area contributed by atoms with Crippen molar-refractivity contribution in [1.82, 2.24) is 0 Å². The molecule has 66 valence electrons. The molecule has 0 aromatic rings. The van der Waals surface area contributed by atoms with Crippen LogP contribution in [0.4, 0.5) is 0 Å². The summed E-state index contributed by atoms with van der Waals surface area (Å²) in [6.45, 7) is 7.11. The average Bonchev–Trinajstić information content (AvgIpc) is 1.98. The van der Waals surface area contributed by atoms with Crippen LogP contribution in [0.15, 0.2) is 0 Å². The second-order valence-electron chi connectivity index (χ2n) is 3.28. The Hall–Kier alpha value is -0.0800. The zero-order valence-corrected chi connectivity index (χ0v) is 7.67. The van der Waals surface area contributed by atoms with E-state index < -0.39 is 0 Å². The Morgan fingerprint density at radius 3 is 2.64 bits per heavy atom.